The van der Waals surface area contributed by atoms with Crippen LogP contribution in [0.1, 0.15) is 24.4 Å². The summed E-state index contributed by atoms with van der Waals surface area (Å²) in [6.07, 6.45) is 2.55. The molecule has 0 aliphatic heterocycles. The molecule has 94 valence electrons. The Hall–Kier alpha value is -1.26. The summed E-state index contributed by atoms with van der Waals surface area (Å²) in [4.78, 5) is 0. The van der Waals surface area contributed by atoms with E-state index in [1.165, 1.54) is 12.8 Å². The smallest absolute Gasteiger partial charge is 0.161 e. The van der Waals surface area contributed by atoms with Crippen LogP contribution in [0, 0.1) is 0 Å². The third-order valence-corrected chi connectivity index (χ3v) is 3.04. The minimum Gasteiger partial charge on any atom is -0.493 e. The Morgan fingerprint density at radius 3 is 2.59 bits per heavy atom. The van der Waals surface area contributed by atoms with Crippen molar-refractivity contribution in [1.82, 2.24) is 5.32 Å². The average molecular weight is 236 g/mol. The third-order valence-electron chi connectivity index (χ3n) is 3.04. The highest BCUT2D eigenvalue weighted by Gasteiger charge is 2.21. The Labute approximate surface area is 102 Å². The van der Waals surface area contributed by atoms with Crippen LogP contribution in [0.15, 0.2) is 18.2 Å². The van der Waals surface area contributed by atoms with E-state index in [9.17, 15) is 0 Å². The lowest BCUT2D eigenvalue weighted by atomic mass is 10.1. The highest BCUT2D eigenvalue weighted by molar-refractivity contribution is 5.43. The second-order valence-electron chi connectivity index (χ2n) is 4.40. The van der Waals surface area contributed by atoms with Crippen molar-refractivity contribution < 1.29 is 9.47 Å². The molecule has 1 aliphatic carbocycles. The fourth-order valence-corrected chi connectivity index (χ4v) is 1.78. The molecule has 1 aliphatic rings. The minimum atomic E-state index is -0.00425. The number of rotatable bonds is 6. The molecule has 4 heteroatoms. The number of nitrogens with two attached hydrogens (primary N) is 1. The van der Waals surface area contributed by atoms with E-state index in [0.29, 0.717) is 6.04 Å². The molecule has 1 fully saturated rings. The summed E-state index contributed by atoms with van der Waals surface area (Å²) in [5, 5.41) is 3.42. The van der Waals surface area contributed by atoms with Crippen LogP contribution < -0.4 is 20.5 Å². The van der Waals surface area contributed by atoms with E-state index in [-0.39, 0.29) is 6.04 Å². The van der Waals surface area contributed by atoms with Crippen LogP contribution in [0.5, 0.6) is 11.5 Å². The number of hydrogen-bond donors (Lipinski definition) is 2. The molecule has 0 bridgehead atoms. The van der Waals surface area contributed by atoms with E-state index >= 15 is 0 Å². The number of nitrogens with one attached hydrogen (secondary N) is 1. The molecule has 2 rings (SSSR count). The Morgan fingerprint density at radius 1 is 1.29 bits per heavy atom. The zero-order valence-corrected chi connectivity index (χ0v) is 10.4. The summed E-state index contributed by atoms with van der Waals surface area (Å²) in [6, 6.07) is 6.50. The Bertz CT molecular complexity index is 378. The predicted octanol–water partition coefficient (Wildman–Crippen LogP) is 1.46. The van der Waals surface area contributed by atoms with E-state index in [2.05, 4.69) is 5.32 Å². The number of benzene rings is 1. The molecule has 1 saturated carbocycles. The van der Waals surface area contributed by atoms with Gasteiger partial charge in [-0.3, -0.25) is 0 Å². The van der Waals surface area contributed by atoms with Gasteiger partial charge >= 0.3 is 0 Å². The number of ether oxygens (including phenoxy) is 2. The largest absolute Gasteiger partial charge is 0.493 e. The van der Waals surface area contributed by atoms with E-state index < -0.39 is 0 Å². The summed E-state index contributed by atoms with van der Waals surface area (Å²) in [5.41, 5.74) is 7.19. The molecule has 4 nitrogen and oxygen atoms in total. The lowest BCUT2D eigenvalue weighted by molar-refractivity contribution is 0.354. The summed E-state index contributed by atoms with van der Waals surface area (Å²) >= 11 is 0. The lowest BCUT2D eigenvalue weighted by Gasteiger charge is -2.15. The molecule has 1 atom stereocenters. The molecular weight excluding hydrogens is 216 g/mol. The van der Waals surface area contributed by atoms with Crippen molar-refractivity contribution in [3.63, 3.8) is 0 Å². The van der Waals surface area contributed by atoms with Gasteiger partial charge in [0.05, 0.1) is 14.2 Å². The molecule has 1 aromatic carbocycles. The SMILES string of the molecule is COc1ccc(C(N)CNC2CC2)cc1OC. The number of hydrogen-bond acceptors (Lipinski definition) is 4. The van der Waals surface area contributed by atoms with Crippen LogP contribution >= 0.6 is 0 Å². The standard InChI is InChI=1S/C13H20N2O2/c1-16-12-6-3-9(7-13(12)17-2)11(14)8-15-10-4-5-10/h3,6-7,10-11,15H,4-5,8,14H2,1-2H3. The van der Waals surface area contributed by atoms with Gasteiger partial charge < -0.3 is 20.5 Å². The van der Waals surface area contributed by atoms with Crippen molar-refractivity contribution in [2.75, 3.05) is 20.8 Å². The van der Waals surface area contributed by atoms with Gasteiger partial charge in [0, 0.05) is 18.6 Å². The van der Waals surface area contributed by atoms with Crippen LogP contribution in [-0.2, 0) is 0 Å². The second-order valence-corrected chi connectivity index (χ2v) is 4.40. The molecule has 1 aromatic rings. The summed E-state index contributed by atoms with van der Waals surface area (Å²) in [6.45, 7) is 0.806. The van der Waals surface area contributed by atoms with Crippen LogP contribution in [-0.4, -0.2) is 26.8 Å². The van der Waals surface area contributed by atoms with Gasteiger partial charge in [0.25, 0.3) is 0 Å². The van der Waals surface area contributed by atoms with E-state index in [0.717, 1.165) is 23.6 Å². The first-order chi connectivity index (χ1) is 8.24. The van der Waals surface area contributed by atoms with Crippen molar-refractivity contribution in [2.24, 2.45) is 5.73 Å². The minimum absolute atomic E-state index is 0.00425. The normalized spacial score (nSPS) is 16.6. The lowest BCUT2D eigenvalue weighted by Crippen LogP contribution is -2.28. The van der Waals surface area contributed by atoms with Gasteiger partial charge in [-0.15, -0.1) is 0 Å². The summed E-state index contributed by atoms with van der Waals surface area (Å²) in [5.74, 6) is 1.46. The molecule has 0 aromatic heterocycles. The van der Waals surface area contributed by atoms with Gasteiger partial charge in [-0.25, -0.2) is 0 Å². The van der Waals surface area contributed by atoms with Gasteiger partial charge in [0.15, 0.2) is 11.5 Å². The molecule has 0 saturated heterocycles. The first-order valence-corrected chi connectivity index (χ1v) is 5.95. The maximum Gasteiger partial charge on any atom is 0.161 e. The fourth-order valence-electron chi connectivity index (χ4n) is 1.78. The zero-order chi connectivity index (χ0) is 12.3. The van der Waals surface area contributed by atoms with Crippen LogP contribution in [0.2, 0.25) is 0 Å². The molecule has 0 amide bonds. The van der Waals surface area contributed by atoms with Crippen molar-refractivity contribution in [2.45, 2.75) is 24.9 Å². The summed E-state index contributed by atoms with van der Waals surface area (Å²) in [7, 11) is 3.27. The molecule has 3 N–H and O–H groups in total. The van der Waals surface area contributed by atoms with E-state index in [1.807, 2.05) is 18.2 Å². The van der Waals surface area contributed by atoms with Crippen molar-refractivity contribution in [3.05, 3.63) is 23.8 Å². The van der Waals surface area contributed by atoms with Crippen LogP contribution in [0.25, 0.3) is 0 Å². The summed E-state index contributed by atoms with van der Waals surface area (Å²) < 4.78 is 10.5. The molecule has 0 radical (unpaired) electrons. The topological polar surface area (TPSA) is 56.5 Å². The molecular formula is C13H20N2O2. The third kappa shape index (κ3) is 3.11. The monoisotopic (exact) mass is 236 g/mol. The van der Waals surface area contributed by atoms with Crippen molar-refractivity contribution in [3.8, 4) is 11.5 Å². The molecule has 17 heavy (non-hydrogen) atoms. The molecule has 1 unspecified atom stereocenters. The van der Waals surface area contributed by atoms with E-state index in [4.69, 9.17) is 15.2 Å². The van der Waals surface area contributed by atoms with Crippen LogP contribution in [0.4, 0.5) is 0 Å². The van der Waals surface area contributed by atoms with Gasteiger partial charge in [-0.1, -0.05) is 6.07 Å². The highest BCUT2D eigenvalue weighted by Crippen LogP contribution is 2.29. The quantitative estimate of drug-likeness (QED) is 0.785. The Balaban J connectivity index is 2.02. The Kier molecular flexibility index (Phi) is 3.86. The van der Waals surface area contributed by atoms with Crippen LogP contribution in [0.3, 0.4) is 0 Å². The van der Waals surface area contributed by atoms with Gasteiger partial charge in [0.1, 0.15) is 0 Å². The van der Waals surface area contributed by atoms with Gasteiger partial charge in [0.2, 0.25) is 0 Å². The van der Waals surface area contributed by atoms with Crippen molar-refractivity contribution in [1.29, 1.82) is 0 Å². The number of methoxy groups -OCH3 is 2. The first-order valence-electron chi connectivity index (χ1n) is 5.95. The predicted molar refractivity (Wildman–Crippen MR) is 67.5 cm³/mol. The highest BCUT2D eigenvalue weighted by atomic mass is 16.5. The maximum absolute atomic E-state index is 6.13. The average Bonchev–Trinajstić information content (AvgIpc) is 3.19. The van der Waals surface area contributed by atoms with Gasteiger partial charge in [-0.05, 0) is 30.5 Å². The second kappa shape index (κ2) is 5.38. The van der Waals surface area contributed by atoms with E-state index in [1.54, 1.807) is 14.2 Å². The van der Waals surface area contributed by atoms with Crippen molar-refractivity contribution >= 4 is 0 Å². The Morgan fingerprint density at radius 2 is 2.00 bits per heavy atom. The van der Waals surface area contributed by atoms with Gasteiger partial charge in [-0.2, -0.15) is 0 Å². The maximum atomic E-state index is 6.13. The molecule has 0 spiro atoms. The first kappa shape index (κ1) is 12.2. The molecule has 0 heterocycles. The zero-order valence-electron chi connectivity index (χ0n) is 10.4. The fraction of sp³-hybridized carbons (Fsp3) is 0.538.